The van der Waals surface area contributed by atoms with Gasteiger partial charge < -0.3 is 4.74 Å². The van der Waals surface area contributed by atoms with Crippen LogP contribution in [0.3, 0.4) is 0 Å². The van der Waals surface area contributed by atoms with Crippen molar-refractivity contribution in [1.29, 1.82) is 0 Å². The molecule has 0 saturated carbocycles. The number of ether oxygens (including phenoxy) is 1. The topological polar surface area (TPSA) is 99.0 Å². The highest BCUT2D eigenvalue weighted by Gasteiger charge is 2.15. The third kappa shape index (κ3) is 3.87. The number of nitrogens with one attached hydrogen (secondary N) is 1. The van der Waals surface area contributed by atoms with Crippen LogP contribution in [0, 0.1) is 6.92 Å². The molecule has 10 heteroatoms. The largest absolute Gasteiger partial charge is 0.438 e. The molecule has 0 radical (unpaired) electrons. The third-order valence-electron chi connectivity index (χ3n) is 3.79. The molecule has 0 aliphatic rings. The molecule has 4 aromatic rings. The highest BCUT2D eigenvalue weighted by atomic mass is 32.2. The number of imidazole rings is 1. The predicted octanol–water partition coefficient (Wildman–Crippen LogP) is 3.63. The average Bonchev–Trinajstić information content (AvgIpc) is 3.36. The minimum atomic E-state index is -3.57. The molecular formula is C18H15N5O3S2. The van der Waals surface area contributed by atoms with E-state index in [2.05, 4.69) is 19.9 Å². The summed E-state index contributed by atoms with van der Waals surface area (Å²) in [5.74, 6) is 2.29. The highest BCUT2D eigenvalue weighted by molar-refractivity contribution is 7.94. The lowest BCUT2D eigenvalue weighted by Crippen LogP contribution is -2.11. The zero-order chi connectivity index (χ0) is 19.6. The van der Waals surface area contributed by atoms with Gasteiger partial charge in [0.15, 0.2) is 5.82 Å². The number of rotatable bonds is 6. The van der Waals surface area contributed by atoms with Crippen molar-refractivity contribution in [3.8, 4) is 17.4 Å². The fourth-order valence-electron chi connectivity index (χ4n) is 2.45. The number of hydrogen-bond donors (Lipinski definition) is 1. The summed E-state index contributed by atoms with van der Waals surface area (Å²) in [6, 6.07) is 13.3. The molecule has 8 nitrogen and oxygen atoms in total. The van der Waals surface area contributed by atoms with E-state index in [0.717, 1.165) is 17.2 Å². The van der Waals surface area contributed by atoms with Crippen LogP contribution in [0.4, 0.5) is 5.69 Å². The monoisotopic (exact) mass is 413 g/mol. The molecule has 0 fully saturated rings. The van der Waals surface area contributed by atoms with Crippen LogP contribution in [0.2, 0.25) is 0 Å². The molecule has 0 aliphatic carbocycles. The minimum absolute atomic E-state index is 0.260. The van der Waals surface area contributed by atoms with E-state index in [9.17, 15) is 8.42 Å². The summed E-state index contributed by atoms with van der Waals surface area (Å²) in [6.45, 7) is 1.88. The van der Waals surface area contributed by atoms with E-state index in [1.54, 1.807) is 66.3 Å². The van der Waals surface area contributed by atoms with Crippen LogP contribution in [0.5, 0.6) is 11.6 Å². The van der Waals surface area contributed by atoms with Crippen molar-refractivity contribution in [2.45, 2.75) is 11.1 Å². The van der Waals surface area contributed by atoms with Crippen molar-refractivity contribution in [3.63, 3.8) is 0 Å². The number of benzene rings is 1. The molecular weight excluding hydrogens is 398 g/mol. The number of hydrogen-bond acceptors (Lipinski definition) is 7. The average molecular weight is 413 g/mol. The van der Waals surface area contributed by atoms with E-state index < -0.39 is 10.0 Å². The predicted molar refractivity (Wildman–Crippen MR) is 106 cm³/mol. The molecule has 4 rings (SSSR count). The summed E-state index contributed by atoms with van der Waals surface area (Å²) < 4.78 is 34.7. The Balaban J connectivity index is 1.44. The van der Waals surface area contributed by atoms with E-state index in [1.165, 1.54) is 0 Å². The van der Waals surface area contributed by atoms with Gasteiger partial charge in [-0.3, -0.25) is 9.29 Å². The zero-order valence-electron chi connectivity index (χ0n) is 14.7. The second-order valence-electron chi connectivity index (χ2n) is 5.74. The highest BCUT2D eigenvalue weighted by Crippen LogP contribution is 2.24. The van der Waals surface area contributed by atoms with Crippen molar-refractivity contribution in [3.05, 3.63) is 72.1 Å². The fourth-order valence-corrected chi connectivity index (χ4v) is 4.50. The Bertz CT molecular complexity index is 1170. The Morgan fingerprint density at radius 1 is 1.07 bits per heavy atom. The molecule has 0 saturated heterocycles. The number of aryl methyl sites for hydroxylation is 1. The second-order valence-corrected chi connectivity index (χ2v) is 8.60. The third-order valence-corrected chi connectivity index (χ3v) is 6.57. The van der Waals surface area contributed by atoms with Crippen LogP contribution in [0.15, 0.2) is 70.5 Å². The molecule has 0 spiro atoms. The lowest BCUT2D eigenvalue weighted by molar-refractivity contribution is 0.454. The number of sulfonamides is 1. The fraction of sp³-hybridized carbons (Fsp3) is 0.0556. The van der Waals surface area contributed by atoms with Crippen LogP contribution in [0.25, 0.3) is 5.82 Å². The second kappa shape index (κ2) is 7.41. The maximum absolute atomic E-state index is 12.2. The summed E-state index contributed by atoms with van der Waals surface area (Å²) in [7, 11) is -3.57. The normalized spacial score (nSPS) is 11.3. The number of nitrogens with zero attached hydrogens (tertiary/aromatic N) is 4. The van der Waals surface area contributed by atoms with E-state index in [0.29, 0.717) is 23.1 Å². The number of anilines is 1. The summed E-state index contributed by atoms with van der Waals surface area (Å²) in [4.78, 5) is 4.15. The lowest BCUT2D eigenvalue weighted by atomic mass is 10.3. The van der Waals surface area contributed by atoms with Gasteiger partial charge in [0.1, 0.15) is 15.8 Å². The standard InChI is InChI=1S/C18H15N5O3S2/c1-13-19-10-11-23(13)16-8-9-17(21-20-16)26-15-6-4-14(5-7-15)22-28(24,25)18-3-2-12-27-18/h2-12,22H,1H3. The molecule has 142 valence electrons. The van der Waals surface area contributed by atoms with Crippen molar-refractivity contribution in [2.75, 3.05) is 4.72 Å². The molecule has 1 N–H and O–H groups in total. The molecule has 3 heterocycles. The number of aromatic nitrogens is 4. The Labute approximate surface area is 165 Å². The number of thiophene rings is 1. The Hall–Kier alpha value is -3.24. The van der Waals surface area contributed by atoms with Gasteiger partial charge in [-0.1, -0.05) is 6.07 Å². The van der Waals surface area contributed by atoms with Gasteiger partial charge in [0.05, 0.1) is 0 Å². The van der Waals surface area contributed by atoms with Gasteiger partial charge in [0.25, 0.3) is 10.0 Å². The van der Waals surface area contributed by atoms with Crippen LogP contribution >= 0.6 is 11.3 Å². The quantitative estimate of drug-likeness (QED) is 0.518. The van der Waals surface area contributed by atoms with Crippen LogP contribution < -0.4 is 9.46 Å². The first-order valence-corrected chi connectivity index (χ1v) is 10.6. The molecule has 0 bridgehead atoms. The Kier molecular flexibility index (Phi) is 4.80. The van der Waals surface area contributed by atoms with Gasteiger partial charge in [-0.05, 0) is 48.7 Å². The Morgan fingerprint density at radius 2 is 1.89 bits per heavy atom. The van der Waals surface area contributed by atoms with Gasteiger partial charge >= 0.3 is 0 Å². The lowest BCUT2D eigenvalue weighted by Gasteiger charge is -2.08. The van der Waals surface area contributed by atoms with Gasteiger partial charge in [-0.15, -0.1) is 21.5 Å². The molecule has 0 unspecified atom stereocenters. The van der Waals surface area contributed by atoms with Gasteiger partial charge in [-0.25, -0.2) is 13.4 Å². The maximum Gasteiger partial charge on any atom is 0.271 e. The van der Waals surface area contributed by atoms with Gasteiger partial charge in [0, 0.05) is 24.1 Å². The van der Waals surface area contributed by atoms with Gasteiger partial charge in [0.2, 0.25) is 5.88 Å². The maximum atomic E-state index is 12.2. The van der Waals surface area contributed by atoms with Crippen molar-refractivity contribution in [2.24, 2.45) is 0 Å². The Morgan fingerprint density at radius 3 is 2.50 bits per heavy atom. The first kappa shape index (κ1) is 18.1. The summed E-state index contributed by atoms with van der Waals surface area (Å²) in [5, 5.41) is 9.90. The zero-order valence-corrected chi connectivity index (χ0v) is 16.3. The minimum Gasteiger partial charge on any atom is -0.438 e. The van der Waals surface area contributed by atoms with Crippen LogP contribution in [0.1, 0.15) is 5.82 Å². The summed E-state index contributed by atoms with van der Waals surface area (Å²) in [5.41, 5.74) is 0.442. The van der Waals surface area contributed by atoms with E-state index in [1.807, 2.05) is 11.5 Å². The smallest absolute Gasteiger partial charge is 0.271 e. The molecule has 0 aliphatic heterocycles. The van der Waals surface area contributed by atoms with Crippen LogP contribution in [-0.4, -0.2) is 28.2 Å². The summed E-state index contributed by atoms with van der Waals surface area (Å²) in [6.07, 6.45) is 3.49. The van der Waals surface area contributed by atoms with Crippen molar-refractivity contribution < 1.29 is 13.2 Å². The molecule has 0 amide bonds. The van der Waals surface area contributed by atoms with Crippen LogP contribution in [-0.2, 0) is 10.0 Å². The molecule has 1 aromatic carbocycles. The van der Waals surface area contributed by atoms with Gasteiger partial charge in [-0.2, -0.15) is 0 Å². The molecule has 0 atom stereocenters. The first-order valence-electron chi connectivity index (χ1n) is 8.19. The molecule has 3 aromatic heterocycles. The van der Waals surface area contributed by atoms with E-state index in [4.69, 9.17) is 4.74 Å². The van der Waals surface area contributed by atoms with Crippen molar-refractivity contribution in [1.82, 2.24) is 19.7 Å². The molecule has 28 heavy (non-hydrogen) atoms. The van der Waals surface area contributed by atoms with Crippen molar-refractivity contribution >= 4 is 27.0 Å². The SMILES string of the molecule is Cc1nccn1-c1ccc(Oc2ccc(NS(=O)(=O)c3cccs3)cc2)nn1. The van der Waals surface area contributed by atoms with E-state index >= 15 is 0 Å². The first-order chi connectivity index (χ1) is 13.5. The summed E-state index contributed by atoms with van der Waals surface area (Å²) >= 11 is 1.16. The van der Waals surface area contributed by atoms with E-state index in [-0.39, 0.29) is 4.21 Å².